The first kappa shape index (κ1) is 20.2. The fraction of sp³-hybridized carbons (Fsp3) is 0.850. The molecular formula is C20H38N2O. The third kappa shape index (κ3) is 10.5. The summed E-state index contributed by atoms with van der Waals surface area (Å²) < 4.78 is 0. The van der Waals surface area contributed by atoms with Gasteiger partial charge >= 0.3 is 0 Å². The standard InChI is InChI=1S/C20H38N2O/c1-2-3-4-5-6-7-8-9-10-11-12-13-14-15-20-21-16-17-22(20)18-19-23/h2,23H,1,3-19H2. The average Bonchev–Trinajstić information content (AvgIpc) is 2.99. The lowest BCUT2D eigenvalue weighted by Gasteiger charge is -2.18. The van der Waals surface area contributed by atoms with Crippen molar-refractivity contribution >= 4 is 5.84 Å². The van der Waals surface area contributed by atoms with Gasteiger partial charge in [0.25, 0.3) is 0 Å². The molecule has 0 saturated heterocycles. The zero-order valence-electron chi connectivity index (χ0n) is 15.1. The van der Waals surface area contributed by atoms with Gasteiger partial charge in [0.2, 0.25) is 0 Å². The van der Waals surface area contributed by atoms with Crippen molar-refractivity contribution in [2.24, 2.45) is 4.99 Å². The smallest absolute Gasteiger partial charge is 0.0991 e. The summed E-state index contributed by atoms with van der Waals surface area (Å²) in [5, 5.41) is 9.03. The van der Waals surface area contributed by atoms with E-state index in [1.807, 2.05) is 6.08 Å². The van der Waals surface area contributed by atoms with Crippen LogP contribution in [0.4, 0.5) is 0 Å². The number of β-amino-alcohol motifs (C(OH)–C–C–N with tert-alkyl or cyclic N) is 1. The number of aliphatic hydroxyl groups excluding tert-OH is 1. The molecule has 1 aliphatic rings. The first-order valence-electron chi connectivity index (χ1n) is 9.88. The van der Waals surface area contributed by atoms with Crippen LogP contribution in [0.25, 0.3) is 0 Å². The largest absolute Gasteiger partial charge is 0.395 e. The third-order valence-electron chi connectivity index (χ3n) is 4.71. The molecule has 3 heteroatoms. The Labute approximate surface area is 143 Å². The van der Waals surface area contributed by atoms with Crippen molar-refractivity contribution in [3.63, 3.8) is 0 Å². The van der Waals surface area contributed by atoms with E-state index in [9.17, 15) is 0 Å². The Morgan fingerprint density at radius 1 is 0.913 bits per heavy atom. The molecule has 0 aromatic carbocycles. The van der Waals surface area contributed by atoms with Crippen LogP contribution in [0, 0.1) is 0 Å². The van der Waals surface area contributed by atoms with Crippen molar-refractivity contribution in [3.05, 3.63) is 12.7 Å². The molecular weight excluding hydrogens is 284 g/mol. The Hall–Kier alpha value is -0.830. The molecule has 0 spiro atoms. The number of allylic oxidation sites excluding steroid dienone is 1. The van der Waals surface area contributed by atoms with Gasteiger partial charge in [-0.05, 0) is 19.3 Å². The summed E-state index contributed by atoms with van der Waals surface area (Å²) in [6.07, 6.45) is 19.4. The number of amidine groups is 1. The molecule has 0 atom stereocenters. The molecule has 0 fully saturated rings. The summed E-state index contributed by atoms with van der Waals surface area (Å²) in [5.74, 6) is 1.23. The number of rotatable bonds is 16. The Kier molecular flexibility index (Phi) is 13.0. The fourth-order valence-electron chi connectivity index (χ4n) is 3.29. The molecule has 3 nitrogen and oxygen atoms in total. The summed E-state index contributed by atoms with van der Waals surface area (Å²) in [4.78, 5) is 6.80. The van der Waals surface area contributed by atoms with E-state index in [2.05, 4.69) is 16.5 Å². The van der Waals surface area contributed by atoms with Crippen LogP contribution < -0.4 is 0 Å². The summed E-state index contributed by atoms with van der Waals surface area (Å²) in [6.45, 7) is 6.69. The highest BCUT2D eigenvalue weighted by atomic mass is 16.3. The number of nitrogens with zero attached hydrogens (tertiary/aromatic N) is 2. The molecule has 1 heterocycles. The van der Waals surface area contributed by atoms with Crippen molar-refractivity contribution in [2.45, 2.75) is 83.5 Å². The minimum atomic E-state index is 0.243. The minimum Gasteiger partial charge on any atom is -0.395 e. The number of aliphatic imine (C=N–C) groups is 1. The van der Waals surface area contributed by atoms with Crippen molar-refractivity contribution in [3.8, 4) is 0 Å². The SMILES string of the molecule is C=CCCCCCCCCCCCCCC1=NCCN1CCO. The first-order chi connectivity index (χ1) is 11.4. The molecule has 0 radical (unpaired) electrons. The molecule has 0 aromatic heterocycles. The number of unbranched alkanes of at least 4 members (excludes halogenated alkanes) is 11. The van der Waals surface area contributed by atoms with Gasteiger partial charge in [-0.3, -0.25) is 4.99 Å². The molecule has 0 amide bonds. The zero-order chi connectivity index (χ0) is 16.6. The highest BCUT2D eigenvalue weighted by Crippen LogP contribution is 2.14. The Balaban J connectivity index is 1.80. The van der Waals surface area contributed by atoms with Crippen molar-refractivity contribution in [2.75, 3.05) is 26.2 Å². The number of aliphatic hydroxyl groups is 1. The predicted octanol–water partition coefficient (Wildman–Crippen LogP) is 4.95. The second kappa shape index (κ2) is 14.7. The number of hydrogen-bond donors (Lipinski definition) is 1. The van der Waals surface area contributed by atoms with E-state index in [4.69, 9.17) is 5.11 Å². The Morgan fingerprint density at radius 2 is 1.48 bits per heavy atom. The van der Waals surface area contributed by atoms with E-state index in [0.717, 1.165) is 26.1 Å². The maximum Gasteiger partial charge on any atom is 0.0991 e. The third-order valence-corrected chi connectivity index (χ3v) is 4.71. The van der Waals surface area contributed by atoms with Gasteiger partial charge in [-0.15, -0.1) is 6.58 Å². The van der Waals surface area contributed by atoms with Crippen LogP contribution in [0.5, 0.6) is 0 Å². The lowest BCUT2D eigenvalue weighted by molar-refractivity contribution is 0.255. The van der Waals surface area contributed by atoms with Crippen LogP contribution in [-0.2, 0) is 0 Å². The molecule has 0 aliphatic carbocycles. The van der Waals surface area contributed by atoms with Crippen LogP contribution in [-0.4, -0.2) is 42.1 Å². The van der Waals surface area contributed by atoms with Gasteiger partial charge in [-0.25, -0.2) is 0 Å². The van der Waals surface area contributed by atoms with Gasteiger partial charge < -0.3 is 10.0 Å². The van der Waals surface area contributed by atoms with Gasteiger partial charge in [-0.2, -0.15) is 0 Å². The second-order valence-electron chi connectivity index (χ2n) is 6.73. The summed E-state index contributed by atoms with van der Waals surface area (Å²) in [7, 11) is 0. The minimum absolute atomic E-state index is 0.243. The van der Waals surface area contributed by atoms with Crippen LogP contribution in [0.15, 0.2) is 17.6 Å². The maximum atomic E-state index is 9.03. The van der Waals surface area contributed by atoms with Gasteiger partial charge in [0.15, 0.2) is 0 Å². The van der Waals surface area contributed by atoms with E-state index < -0.39 is 0 Å². The Morgan fingerprint density at radius 3 is 2.04 bits per heavy atom. The lowest BCUT2D eigenvalue weighted by Crippen LogP contribution is -2.30. The Bertz CT molecular complexity index is 315. The summed E-state index contributed by atoms with van der Waals surface area (Å²) in [5.41, 5.74) is 0. The van der Waals surface area contributed by atoms with Crippen molar-refractivity contribution in [1.82, 2.24) is 4.90 Å². The maximum absolute atomic E-state index is 9.03. The van der Waals surface area contributed by atoms with Crippen molar-refractivity contribution < 1.29 is 5.11 Å². The normalized spacial score (nSPS) is 14.3. The van der Waals surface area contributed by atoms with E-state index in [0.29, 0.717) is 0 Å². The highest BCUT2D eigenvalue weighted by molar-refractivity contribution is 5.83. The molecule has 1 aliphatic heterocycles. The van der Waals surface area contributed by atoms with E-state index in [-0.39, 0.29) is 6.61 Å². The van der Waals surface area contributed by atoms with Crippen molar-refractivity contribution in [1.29, 1.82) is 0 Å². The number of hydrogen-bond acceptors (Lipinski definition) is 3. The first-order valence-corrected chi connectivity index (χ1v) is 9.88. The van der Waals surface area contributed by atoms with Gasteiger partial charge in [0, 0.05) is 19.5 Å². The average molecular weight is 323 g/mol. The molecule has 0 unspecified atom stereocenters. The van der Waals surface area contributed by atoms with Crippen LogP contribution >= 0.6 is 0 Å². The van der Waals surface area contributed by atoms with Gasteiger partial charge in [-0.1, -0.05) is 63.9 Å². The molecule has 134 valence electrons. The van der Waals surface area contributed by atoms with Crippen LogP contribution in [0.1, 0.15) is 83.5 Å². The molecule has 0 bridgehead atoms. The zero-order valence-corrected chi connectivity index (χ0v) is 15.1. The molecule has 1 N–H and O–H groups in total. The summed E-state index contributed by atoms with van der Waals surface area (Å²) >= 11 is 0. The fourth-order valence-corrected chi connectivity index (χ4v) is 3.29. The summed E-state index contributed by atoms with van der Waals surface area (Å²) in [6, 6.07) is 0. The predicted molar refractivity (Wildman–Crippen MR) is 101 cm³/mol. The molecule has 23 heavy (non-hydrogen) atoms. The van der Waals surface area contributed by atoms with E-state index >= 15 is 0 Å². The monoisotopic (exact) mass is 322 g/mol. The van der Waals surface area contributed by atoms with Crippen LogP contribution in [0.3, 0.4) is 0 Å². The van der Waals surface area contributed by atoms with E-state index in [1.165, 1.54) is 82.9 Å². The molecule has 0 aromatic rings. The highest BCUT2D eigenvalue weighted by Gasteiger charge is 2.14. The topological polar surface area (TPSA) is 35.8 Å². The lowest BCUT2D eigenvalue weighted by atomic mass is 10.0. The van der Waals surface area contributed by atoms with E-state index in [1.54, 1.807) is 0 Å². The second-order valence-corrected chi connectivity index (χ2v) is 6.73. The quantitative estimate of drug-likeness (QED) is 0.322. The molecule has 0 saturated carbocycles. The van der Waals surface area contributed by atoms with Gasteiger partial charge in [0.05, 0.1) is 19.0 Å². The molecule has 1 rings (SSSR count). The van der Waals surface area contributed by atoms with Gasteiger partial charge in [0.1, 0.15) is 0 Å². The van der Waals surface area contributed by atoms with Crippen LogP contribution in [0.2, 0.25) is 0 Å².